The van der Waals surface area contributed by atoms with Crippen molar-refractivity contribution in [1.82, 2.24) is 0 Å². The monoisotopic (exact) mass is 295 g/mol. The van der Waals surface area contributed by atoms with Gasteiger partial charge in [-0.1, -0.05) is 0 Å². The van der Waals surface area contributed by atoms with Gasteiger partial charge in [0.2, 0.25) is 0 Å². The molecular weight excluding hydrogens is 284 g/mol. The number of rotatable bonds is 3. The summed E-state index contributed by atoms with van der Waals surface area (Å²) in [5.41, 5.74) is 6.57. The molecule has 0 saturated heterocycles. The van der Waals surface area contributed by atoms with Crippen LogP contribution in [0.15, 0.2) is 18.2 Å². The summed E-state index contributed by atoms with van der Waals surface area (Å²) in [6, 6.07) is 4.32. The van der Waals surface area contributed by atoms with E-state index in [4.69, 9.17) is 10.5 Å². The van der Waals surface area contributed by atoms with Gasteiger partial charge in [-0.05, 0) is 46.4 Å². The Balaban J connectivity index is 2.91. The number of hydrogen-bond acceptors (Lipinski definition) is 2. The lowest BCUT2D eigenvalue weighted by Crippen LogP contribution is -2.17. The van der Waals surface area contributed by atoms with E-state index < -0.39 is 0 Å². The molecule has 72 valence electrons. The van der Waals surface area contributed by atoms with Crippen molar-refractivity contribution in [3.05, 3.63) is 33.1 Å². The highest BCUT2D eigenvalue weighted by Gasteiger charge is 2.10. The minimum absolute atomic E-state index is 0.257. The molecule has 2 nitrogen and oxygen atoms in total. The summed E-state index contributed by atoms with van der Waals surface area (Å²) < 4.78 is 18.7. The zero-order chi connectivity index (χ0) is 9.84. The van der Waals surface area contributed by atoms with Gasteiger partial charge >= 0.3 is 0 Å². The lowest BCUT2D eigenvalue weighted by atomic mass is 10.1. The fourth-order valence-corrected chi connectivity index (χ4v) is 1.80. The first-order valence-electron chi connectivity index (χ1n) is 3.84. The van der Waals surface area contributed by atoms with E-state index >= 15 is 0 Å². The Morgan fingerprint density at radius 1 is 1.62 bits per heavy atom. The standard InChI is InChI=1S/C9H11FINO/c1-13-5-9(12)7-4-6(10)2-3-8(7)11/h2-4,9H,5,12H2,1H3. The van der Waals surface area contributed by atoms with E-state index in [0.29, 0.717) is 6.61 Å². The molecule has 13 heavy (non-hydrogen) atoms. The second kappa shape index (κ2) is 4.88. The minimum Gasteiger partial charge on any atom is -0.383 e. The number of hydrogen-bond donors (Lipinski definition) is 1. The van der Waals surface area contributed by atoms with E-state index in [1.165, 1.54) is 12.1 Å². The summed E-state index contributed by atoms with van der Waals surface area (Å²) in [5.74, 6) is -0.262. The van der Waals surface area contributed by atoms with E-state index in [2.05, 4.69) is 22.6 Å². The molecule has 0 radical (unpaired) electrons. The van der Waals surface area contributed by atoms with Gasteiger partial charge in [0.05, 0.1) is 12.6 Å². The normalized spacial score (nSPS) is 12.9. The molecule has 0 aliphatic carbocycles. The minimum atomic E-state index is -0.262. The van der Waals surface area contributed by atoms with Crippen LogP contribution >= 0.6 is 22.6 Å². The van der Waals surface area contributed by atoms with Crippen LogP contribution in [0.25, 0.3) is 0 Å². The molecule has 1 atom stereocenters. The lowest BCUT2D eigenvalue weighted by Gasteiger charge is -2.12. The maximum atomic E-state index is 12.8. The van der Waals surface area contributed by atoms with Gasteiger partial charge in [0.15, 0.2) is 0 Å². The summed E-state index contributed by atoms with van der Waals surface area (Å²) in [7, 11) is 1.58. The summed E-state index contributed by atoms with van der Waals surface area (Å²) in [6.07, 6.45) is 0. The van der Waals surface area contributed by atoms with Crippen molar-refractivity contribution in [1.29, 1.82) is 0 Å². The van der Waals surface area contributed by atoms with Gasteiger partial charge in [-0.25, -0.2) is 4.39 Å². The first-order chi connectivity index (χ1) is 6.15. The number of nitrogens with two attached hydrogens (primary N) is 1. The van der Waals surface area contributed by atoms with Crippen molar-refractivity contribution >= 4 is 22.6 Å². The predicted octanol–water partition coefficient (Wildman–Crippen LogP) is 2.08. The van der Waals surface area contributed by atoms with Crippen molar-refractivity contribution in [2.75, 3.05) is 13.7 Å². The van der Waals surface area contributed by atoms with Crippen LogP contribution < -0.4 is 5.73 Å². The Kier molecular flexibility index (Phi) is 4.08. The van der Waals surface area contributed by atoms with E-state index in [9.17, 15) is 4.39 Å². The molecule has 0 aliphatic rings. The Morgan fingerprint density at radius 3 is 2.92 bits per heavy atom. The average molecular weight is 295 g/mol. The summed E-state index contributed by atoms with van der Waals surface area (Å²) >= 11 is 2.13. The van der Waals surface area contributed by atoms with E-state index in [1.54, 1.807) is 13.2 Å². The molecule has 0 spiro atoms. The molecule has 0 aromatic heterocycles. The summed E-state index contributed by atoms with van der Waals surface area (Å²) in [4.78, 5) is 0. The first-order valence-corrected chi connectivity index (χ1v) is 4.92. The molecule has 0 bridgehead atoms. The van der Waals surface area contributed by atoms with Gasteiger partial charge < -0.3 is 10.5 Å². The van der Waals surface area contributed by atoms with E-state index in [-0.39, 0.29) is 11.9 Å². The van der Waals surface area contributed by atoms with Crippen LogP contribution in [0.1, 0.15) is 11.6 Å². The Hall–Kier alpha value is -0.200. The van der Waals surface area contributed by atoms with Crippen molar-refractivity contribution in [2.45, 2.75) is 6.04 Å². The van der Waals surface area contributed by atoms with Crippen LogP contribution in [0.2, 0.25) is 0 Å². The number of methoxy groups -OCH3 is 1. The number of halogens is 2. The maximum Gasteiger partial charge on any atom is 0.123 e. The smallest absolute Gasteiger partial charge is 0.123 e. The van der Waals surface area contributed by atoms with Crippen LogP contribution in [0.4, 0.5) is 4.39 Å². The molecule has 1 rings (SSSR count). The van der Waals surface area contributed by atoms with Crippen molar-refractivity contribution < 1.29 is 9.13 Å². The van der Waals surface area contributed by atoms with Crippen LogP contribution in [-0.2, 0) is 4.74 Å². The fourth-order valence-electron chi connectivity index (χ4n) is 1.07. The maximum absolute atomic E-state index is 12.8. The Bertz CT molecular complexity index is 293. The molecule has 4 heteroatoms. The number of ether oxygens (including phenoxy) is 1. The molecule has 0 saturated carbocycles. The van der Waals surface area contributed by atoms with Gasteiger partial charge in [0.25, 0.3) is 0 Å². The quantitative estimate of drug-likeness (QED) is 0.867. The third-order valence-electron chi connectivity index (χ3n) is 1.70. The van der Waals surface area contributed by atoms with E-state index in [0.717, 1.165) is 9.13 Å². The second-order valence-electron chi connectivity index (χ2n) is 2.73. The van der Waals surface area contributed by atoms with Gasteiger partial charge in [-0.2, -0.15) is 0 Å². The number of benzene rings is 1. The largest absolute Gasteiger partial charge is 0.383 e. The highest BCUT2D eigenvalue weighted by atomic mass is 127. The van der Waals surface area contributed by atoms with Gasteiger partial charge in [-0.15, -0.1) is 0 Å². The SMILES string of the molecule is COCC(N)c1cc(F)ccc1I. The van der Waals surface area contributed by atoms with Crippen LogP contribution in [0, 0.1) is 9.39 Å². The van der Waals surface area contributed by atoms with Gasteiger partial charge in [0, 0.05) is 10.7 Å². The predicted molar refractivity (Wildman–Crippen MR) is 57.9 cm³/mol. The second-order valence-corrected chi connectivity index (χ2v) is 3.89. The third-order valence-corrected chi connectivity index (χ3v) is 2.69. The Labute approximate surface area is 90.4 Å². The molecule has 1 aromatic rings. The first kappa shape index (κ1) is 10.9. The molecule has 2 N–H and O–H groups in total. The summed E-state index contributed by atoms with van der Waals surface area (Å²) in [5, 5.41) is 0. The topological polar surface area (TPSA) is 35.2 Å². The third kappa shape index (κ3) is 2.89. The molecule has 0 amide bonds. The molecule has 0 aliphatic heterocycles. The molecule has 0 fully saturated rings. The van der Waals surface area contributed by atoms with E-state index in [1.807, 2.05) is 0 Å². The van der Waals surface area contributed by atoms with Crippen LogP contribution in [-0.4, -0.2) is 13.7 Å². The van der Waals surface area contributed by atoms with Gasteiger partial charge in [0.1, 0.15) is 5.82 Å². The zero-order valence-electron chi connectivity index (χ0n) is 7.26. The summed E-state index contributed by atoms with van der Waals surface area (Å²) in [6.45, 7) is 0.402. The highest BCUT2D eigenvalue weighted by Crippen LogP contribution is 2.19. The average Bonchev–Trinajstić information content (AvgIpc) is 2.09. The zero-order valence-corrected chi connectivity index (χ0v) is 9.42. The molecule has 1 aromatic carbocycles. The fraction of sp³-hybridized carbons (Fsp3) is 0.333. The van der Waals surface area contributed by atoms with Crippen LogP contribution in [0.5, 0.6) is 0 Å². The van der Waals surface area contributed by atoms with Crippen LogP contribution in [0.3, 0.4) is 0 Å². The highest BCUT2D eigenvalue weighted by molar-refractivity contribution is 14.1. The molecule has 1 unspecified atom stereocenters. The van der Waals surface area contributed by atoms with Crippen molar-refractivity contribution in [3.63, 3.8) is 0 Å². The van der Waals surface area contributed by atoms with Crippen molar-refractivity contribution in [3.8, 4) is 0 Å². The molecular formula is C9H11FINO. The van der Waals surface area contributed by atoms with Crippen molar-refractivity contribution in [2.24, 2.45) is 5.73 Å². The Morgan fingerprint density at radius 2 is 2.31 bits per heavy atom. The van der Waals surface area contributed by atoms with Gasteiger partial charge in [-0.3, -0.25) is 0 Å². The lowest BCUT2D eigenvalue weighted by molar-refractivity contribution is 0.180. The molecule has 0 heterocycles.